The number of carbonyl (C=O) groups excluding carboxylic acids is 1. The molecule has 0 saturated heterocycles. The lowest BCUT2D eigenvalue weighted by Gasteiger charge is -2.07. The third kappa shape index (κ3) is 4.01. The smallest absolute Gasteiger partial charge is 0.292 e. The second kappa shape index (κ2) is 7.98. The van der Waals surface area contributed by atoms with Crippen LogP contribution >= 0.6 is 22.9 Å². The summed E-state index contributed by atoms with van der Waals surface area (Å²) in [4.78, 5) is 27.3. The minimum Gasteiger partial charge on any atom is -0.378 e. The Bertz CT molecular complexity index is 981. The van der Waals surface area contributed by atoms with Crippen LogP contribution < -0.4 is 10.6 Å². The maximum absolute atomic E-state index is 11.9. The molecule has 0 aliphatic heterocycles. The van der Waals surface area contributed by atoms with Crippen molar-refractivity contribution in [1.29, 1.82) is 0 Å². The fourth-order valence-corrected chi connectivity index (χ4v) is 3.31. The van der Waals surface area contributed by atoms with Gasteiger partial charge in [0.1, 0.15) is 5.69 Å². The van der Waals surface area contributed by atoms with E-state index in [9.17, 15) is 14.9 Å². The second-order valence-corrected chi connectivity index (χ2v) is 6.40. The van der Waals surface area contributed by atoms with Crippen molar-refractivity contribution in [1.82, 2.24) is 14.7 Å². The van der Waals surface area contributed by atoms with Gasteiger partial charge in [-0.15, -0.1) is 11.3 Å². The average molecular weight is 392 g/mol. The number of hydrogen-bond donors (Lipinski definition) is 2. The first kappa shape index (κ1) is 17.9. The van der Waals surface area contributed by atoms with Crippen LogP contribution in [0.3, 0.4) is 0 Å². The van der Waals surface area contributed by atoms with E-state index in [0.717, 1.165) is 4.96 Å². The molecule has 2 aromatic heterocycles. The van der Waals surface area contributed by atoms with E-state index in [1.807, 2.05) is 11.6 Å². The molecule has 8 nitrogen and oxygen atoms in total. The highest BCUT2D eigenvalue weighted by molar-refractivity contribution is 7.15. The van der Waals surface area contributed by atoms with Crippen molar-refractivity contribution < 1.29 is 9.72 Å². The second-order valence-electron chi connectivity index (χ2n) is 5.17. The molecule has 3 rings (SSSR count). The van der Waals surface area contributed by atoms with Gasteiger partial charge >= 0.3 is 0 Å². The quantitative estimate of drug-likeness (QED) is 0.279. The standard InChI is InChI=1S/C16H14ClN5O3S/c17-15-13(21-9-10-26-16(21)20-15)5-6-14(23)19-8-7-18-11-3-1-2-4-12(11)22(24)25/h1-6,9-10,18H,7-8H2,(H,19,23)/b6-5+. The van der Waals surface area contributed by atoms with Crippen LogP contribution in [0.1, 0.15) is 5.69 Å². The largest absolute Gasteiger partial charge is 0.378 e. The van der Waals surface area contributed by atoms with Gasteiger partial charge in [0.05, 0.1) is 10.6 Å². The summed E-state index contributed by atoms with van der Waals surface area (Å²) < 4.78 is 1.80. The summed E-state index contributed by atoms with van der Waals surface area (Å²) in [6.07, 6.45) is 4.80. The summed E-state index contributed by atoms with van der Waals surface area (Å²) in [7, 11) is 0. The van der Waals surface area contributed by atoms with Gasteiger partial charge in [0, 0.05) is 36.8 Å². The van der Waals surface area contributed by atoms with Gasteiger partial charge in [-0.05, 0) is 12.1 Å². The summed E-state index contributed by atoms with van der Waals surface area (Å²) >= 11 is 7.51. The summed E-state index contributed by atoms with van der Waals surface area (Å²) in [5, 5.41) is 18.8. The number of nitrogens with one attached hydrogen (secondary N) is 2. The number of amides is 1. The number of carbonyl (C=O) groups is 1. The van der Waals surface area contributed by atoms with Crippen LogP contribution in [0.2, 0.25) is 5.15 Å². The molecule has 3 aromatic rings. The number of hydrogen-bond acceptors (Lipinski definition) is 6. The molecule has 2 N–H and O–H groups in total. The van der Waals surface area contributed by atoms with E-state index < -0.39 is 4.92 Å². The minimum absolute atomic E-state index is 0.00567. The summed E-state index contributed by atoms with van der Waals surface area (Å²) in [5.41, 5.74) is 1.04. The number of aromatic nitrogens is 2. The number of benzene rings is 1. The predicted octanol–water partition coefficient (Wildman–Crippen LogP) is 3.20. The molecule has 0 spiro atoms. The van der Waals surface area contributed by atoms with Gasteiger partial charge in [-0.3, -0.25) is 19.3 Å². The Morgan fingerprint density at radius 1 is 1.38 bits per heavy atom. The Balaban J connectivity index is 1.51. The zero-order valence-electron chi connectivity index (χ0n) is 13.4. The molecule has 2 heterocycles. The highest BCUT2D eigenvalue weighted by Gasteiger charge is 2.11. The number of para-hydroxylation sites is 2. The third-order valence-corrected chi connectivity index (χ3v) is 4.52. The van der Waals surface area contributed by atoms with Crippen LogP contribution in [0, 0.1) is 10.1 Å². The Labute approximate surface area is 157 Å². The van der Waals surface area contributed by atoms with Gasteiger partial charge in [-0.2, -0.15) is 0 Å². The number of fused-ring (bicyclic) bond motifs is 1. The number of anilines is 1. The first-order valence-electron chi connectivity index (χ1n) is 7.60. The van der Waals surface area contributed by atoms with Crippen LogP contribution in [-0.2, 0) is 4.79 Å². The zero-order valence-corrected chi connectivity index (χ0v) is 15.0. The molecular formula is C16H14ClN5O3S. The summed E-state index contributed by atoms with van der Waals surface area (Å²) in [6, 6.07) is 6.34. The monoisotopic (exact) mass is 391 g/mol. The van der Waals surface area contributed by atoms with E-state index in [2.05, 4.69) is 15.6 Å². The maximum Gasteiger partial charge on any atom is 0.292 e. The molecule has 0 aliphatic carbocycles. The number of nitrogens with zero attached hydrogens (tertiary/aromatic N) is 3. The Morgan fingerprint density at radius 3 is 3.00 bits per heavy atom. The van der Waals surface area contributed by atoms with Gasteiger partial charge in [0.2, 0.25) is 5.91 Å². The molecule has 134 valence electrons. The summed E-state index contributed by atoms with van der Waals surface area (Å²) in [6.45, 7) is 0.663. The Hall–Kier alpha value is -2.91. The van der Waals surface area contributed by atoms with Crippen LogP contribution in [-0.4, -0.2) is 33.3 Å². The number of rotatable bonds is 7. The van der Waals surface area contributed by atoms with Crippen LogP contribution in [0.25, 0.3) is 11.0 Å². The predicted molar refractivity (Wildman–Crippen MR) is 102 cm³/mol. The molecule has 26 heavy (non-hydrogen) atoms. The third-order valence-electron chi connectivity index (χ3n) is 3.49. The molecule has 10 heteroatoms. The van der Waals surface area contributed by atoms with Crippen molar-refractivity contribution in [2.75, 3.05) is 18.4 Å². The van der Waals surface area contributed by atoms with Gasteiger partial charge in [0.15, 0.2) is 10.1 Å². The first-order chi connectivity index (χ1) is 12.6. The molecular weight excluding hydrogens is 378 g/mol. The highest BCUT2D eigenvalue weighted by Crippen LogP contribution is 2.23. The van der Waals surface area contributed by atoms with Crippen LogP contribution in [0.5, 0.6) is 0 Å². The highest BCUT2D eigenvalue weighted by atomic mass is 35.5. The number of nitro benzene ring substituents is 1. The molecule has 0 unspecified atom stereocenters. The van der Waals surface area contributed by atoms with Crippen molar-refractivity contribution in [3.63, 3.8) is 0 Å². The fourth-order valence-electron chi connectivity index (χ4n) is 2.30. The van der Waals surface area contributed by atoms with E-state index >= 15 is 0 Å². The first-order valence-corrected chi connectivity index (χ1v) is 8.86. The molecule has 1 amide bonds. The van der Waals surface area contributed by atoms with E-state index in [1.54, 1.807) is 28.7 Å². The van der Waals surface area contributed by atoms with Gasteiger partial charge in [-0.25, -0.2) is 4.98 Å². The van der Waals surface area contributed by atoms with Gasteiger partial charge in [-0.1, -0.05) is 23.7 Å². The van der Waals surface area contributed by atoms with E-state index in [1.165, 1.54) is 23.5 Å². The van der Waals surface area contributed by atoms with E-state index in [0.29, 0.717) is 29.6 Å². The van der Waals surface area contributed by atoms with Crippen LogP contribution in [0.15, 0.2) is 41.9 Å². The average Bonchev–Trinajstić information content (AvgIpc) is 3.18. The molecule has 0 bridgehead atoms. The normalized spacial score (nSPS) is 11.1. The van der Waals surface area contributed by atoms with Crippen molar-refractivity contribution in [2.45, 2.75) is 0 Å². The number of thiazole rings is 1. The lowest BCUT2D eigenvalue weighted by Crippen LogP contribution is -2.27. The van der Waals surface area contributed by atoms with Gasteiger partial charge in [0.25, 0.3) is 5.69 Å². The minimum atomic E-state index is -0.454. The topological polar surface area (TPSA) is 102 Å². The number of imidazole rings is 1. The zero-order chi connectivity index (χ0) is 18.5. The molecule has 1 aromatic carbocycles. The maximum atomic E-state index is 11.9. The van der Waals surface area contributed by atoms with Crippen molar-refractivity contribution >= 4 is 51.3 Å². The van der Waals surface area contributed by atoms with Crippen molar-refractivity contribution in [3.8, 4) is 0 Å². The lowest BCUT2D eigenvalue weighted by molar-refractivity contribution is -0.384. The fraction of sp³-hybridized carbons (Fsp3) is 0.125. The van der Waals surface area contributed by atoms with E-state index in [-0.39, 0.29) is 11.6 Å². The summed E-state index contributed by atoms with van der Waals surface area (Å²) in [5.74, 6) is -0.296. The lowest BCUT2D eigenvalue weighted by atomic mass is 10.2. The SMILES string of the molecule is O=C(/C=C/c1c(Cl)nc2sccn12)NCCNc1ccccc1[N+](=O)[O-]. The number of halogens is 1. The molecule has 0 atom stereocenters. The molecule has 0 aliphatic rings. The van der Waals surface area contributed by atoms with Gasteiger partial charge < -0.3 is 10.6 Å². The molecule has 0 radical (unpaired) electrons. The molecule has 0 saturated carbocycles. The van der Waals surface area contributed by atoms with E-state index in [4.69, 9.17) is 11.6 Å². The number of nitro groups is 1. The Kier molecular flexibility index (Phi) is 5.49. The van der Waals surface area contributed by atoms with Crippen LogP contribution in [0.4, 0.5) is 11.4 Å². The van der Waals surface area contributed by atoms with Crippen molar-refractivity contribution in [3.05, 3.63) is 62.9 Å². The molecule has 0 fully saturated rings. The Morgan fingerprint density at radius 2 is 2.19 bits per heavy atom. The van der Waals surface area contributed by atoms with Crippen molar-refractivity contribution in [2.24, 2.45) is 0 Å².